The number of anilines is 2. The number of benzene rings is 5. The van der Waals surface area contributed by atoms with Crippen molar-refractivity contribution in [2.45, 2.75) is 6.54 Å². The zero-order chi connectivity index (χ0) is 30.0. The Labute approximate surface area is 253 Å². The van der Waals surface area contributed by atoms with E-state index >= 15 is 0 Å². The van der Waals surface area contributed by atoms with Crippen LogP contribution in [0.3, 0.4) is 0 Å². The van der Waals surface area contributed by atoms with Crippen molar-refractivity contribution in [3.8, 4) is 0 Å². The first-order valence-electron chi connectivity index (χ1n) is 14.5. The van der Waals surface area contributed by atoms with E-state index in [1.54, 1.807) is 0 Å². The second-order valence-electron chi connectivity index (χ2n) is 11.3. The van der Waals surface area contributed by atoms with Gasteiger partial charge in [-0.15, -0.1) is 0 Å². The summed E-state index contributed by atoms with van der Waals surface area (Å²) < 4.78 is 12.1. The molecule has 5 aromatic carbocycles. The van der Waals surface area contributed by atoms with Crippen LogP contribution in [0.5, 0.6) is 0 Å². The van der Waals surface area contributed by atoms with Crippen molar-refractivity contribution >= 4 is 56.7 Å². The summed E-state index contributed by atoms with van der Waals surface area (Å²) in [7, 11) is 6.14. The van der Waals surface area contributed by atoms with E-state index in [-0.39, 0.29) is 0 Å². The Balaban J connectivity index is 1.54. The number of fused-ring (bicyclic) bond motifs is 2. The Hall–Kier alpha value is -4.60. The van der Waals surface area contributed by atoms with E-state index in [4.69, 9.17) is 9.16 Å². The summed E-state index contributed by atoms with van der Waals surface area (Å²) in [4.78, 5) is 8.01. The summed E-state index contributed by atoms with van der Waals surface area (Å²) >= 11 is 0. The third-order valence-electron chi connectivity index (χ3n) is 7.99. The van der Waals surface area contributed by atoms with Gasteiger partial charge in [-0.25, -0.2) is 4.99 Å². The molecule has 0 saturated heterocycles. The van der Waals surface area contributed by atoms with Gasteiger partial charge in [-0.2, -0.15) is 0 Å². The molecule has 0 aliphatic carbocycles. The normalized spacial score (nSPS) is 11.5. The lowest BCUT2D eigenvalue weighted by Gasteiger charge is -2.22. The summed E-state index contributed by atoms with van der Waals surface area (Å²) in [6, 6.07) is 42.7. The molecule has 6 heteroatoms. The fourth-order valence-electron chi connectivity index (χ4n) is 5.47. The number of hydrogen-bond donors (Lipinski definition) is 1. The molecule has 6 aromatic rings. The molecule has 43 heavy (non-hydrogen) atoms. The lowest BCUT2D eigenvalue weighted by atomic mass is 10.1. The highest BCUT2D eigenvalue weighted by Gasteiger charge is 2.20. The number of rotatable bonds is 7. The van der Waals surface area contributed by atoms with Crippen LogP contribution in [0.1, 0.15) is 5.56 Å². The molecule has 0 fully saturated rings. The molecule has 6 rings (SSSR count). The van der Waals surface area contributed by atoms with Gasteiger partial charge in [0.25, 0.3) is 0 Å². The zero-order valence-electron chi connectivity index (χ0n) is 25.5. The highest BCUT2D eigenvalue weighted by molar-refractivity contribution is 7.80. The first-order chi connectivity index (χ1) is 20.8. The molecule has 0 aliphatic heterocycles. The highest BCUT2D eigenvalue weighted by atomic mass is 31.2. The van der Waals surface area contributed by atoms with Crippen LogP contribution in [-0.4, -0.2) is 34.9 Å². The van der Waals surface area contributed by atoms with Crippen LogP contribution in [0, 0.1) is 0 Å². The van der Waals surface area contributed by atoms with Crippen molar-refractivity contribution in [2.75, 3.05) is 44.7 Å². The first kappa shape index (κ1) is 28.5. The maximum absolute atomic E-state index is 6.50. The van der Waals surface area contributed by atoms with Gasteiger partial charge in [-0.05, 0) is 47.6 Å². The minimum Gasteiger partial charge on any atom is -0.455 e. The lowest BCUT2D eigenvalue weighted by Crippen LogP contribution is -2.75. The SMILES string of the molecule is CN(C)c1ccc2c(=[NH+]Cc3ccccc3N=P(C)(c3ccccc3)c3ccccc3)c3ccc(N(C)C)cc3oc2c1. The van der Waals surface area contributed by atoms with E-state index in [2.05, 4.69) is 143 Å². The van der Waals surface area contributed by atoms with Crippen molar-refractivity contribution in [3.05, 3.63) is 132 Å². The molecule has 0 saturated carbocycles. The molecule has 0 amide bonds. The van der Waals surface area contributed by atoms with Gasteiger partial charge >= 0.3 is 0 Å². The Morgan fingerprint density at radius 1 is 0.628 bits per heavy atom. The van der Waals surface area contributed by atoms with Crippen LogP contribution in [-0.2, 0) is 6.54 Å². The Kier molecular flexibility index (Phi) is 7.92. The highest BCUT2D eigenvalue weighted by Crippen LogP contribution is 2.46. The molecule has 0 atom stereocenters. The smallest absolute Gasteiger partial charge is 0.220 e. The fourth-order valence-corrected chi connectivity index (χ4v) is 8.13. The van der Waals surface area contributed by atoms with Crippen molar-refractivity contribution in [3.63, 3.8) is 0 Å². The topological polar surface area (TPSA) is 46.0 Å². The van der Waals surface area contributed by atoms with Gasteiger partial charge in [0, 0.05) is 64.3 Å². The molecule has 0 bridgehead atoms. The third kappa shape index (κ3) is 5.74. The van der Waals surface area contributed by atoms with Gasteiger partial charge in [0.05, 0.1) is 16.5 Å². The van der Waals surface area contributed by atoms with Gasteiger partial charge in [0.2, 0.25) is 5.36 Å². The molecule has 1 heterocycles. The minimum absolute atomic E-state index is 0.627. The van der Waals surface area contributed by atoms with Crippen molar-refractivity contribution in [2.24, 2.45) is 4.74 Å². The molecule has 0 radical (unpaired) electrons. The van der Waals surface area contributed by atoms with Gasteiger partial charge in [0.1, 0.15) is 11.2 Å². The van der Waals surface area contributed by atoms with Crippen molar-refractivity contribution in [1.29, 1.82) is 0 Å². The van der Waals surface area contributed by atoms with Crippen LogP contribution in [0.15, 0.2) is 130 Å². The first-order valence-corrected chi connectivity index (χ1v) is 16.7. The quantitative estimate of drug-likeness (QED) is 0.184. The largest absolute Gasteiger partial charge is 0.455 e. The zero-order valence-corrected chi connectivity index (χ0v) is 26.3. The summed E-state index contributed by atoms with van der Waals surface area (Å²) in [6.45, 7) is 2.94. The van der Waals surface area contributed by atoms with Crippen LogP contribution in [0.25, 0.3) is 21.9 Å². The molecular weight excluding hydrogens is 547 g/mol. The Bertz CT molecular complexity index is 1920. The van der Waals surface area contributed by atoms with Crippen LogP contribution in [0.4, 0.5) is 17.1 Å². The van der Waals surface area contributed by atoms with Gasteiger partial charge in [-0.3, -0.25) is 4.74 Å². The summed E-state index contributed by atoms with van der Waals surface area (Å²) in [5.41, 5.74) is 6.05. The average Bonchev–Trinajstić information content (AvgIpc) is 3.03. The van der Waals surface area contributed by atoms with Crippen LogP contribution in [0.2, 0.25) is 0 Å². The third-order valence-corrected chi connectivity index (χ3v) is 11.2. The molecular formula is C37H38N4OP+. The predicted molar refractivity (Wildman–Crippen MR) is 184 cm³/mol. The van der Waals surface area contributed by atoms with E-state index in [1.165, 1.54) is 10.6 Å². The van der Waals surface area contributed by atoms with Gasteiger partial charge < -0.3 is 14.2 Å². The summed E-state index contributed by atoms with van der Waals surface area (Å²) in [5, 5.41) is 5.69. The van der Waals surface area contributed by atoms with E-state index in [0.717, 1.165) is 49.9 Å². The average molecular weight is 586 g/mol. The van der Waals surface area contributed by atoms with Gasteiger partial charge in [-0.1, -0.05) is 78.9 Å². The van der Waals surface area contributed by atoms with Gasteiger partial charge in [0.15, 0.2) is 6.54 Å². The standard InChI is InChI=1S/C37H37N4OP/c1-40(2)28-20-22-32-35(24-28)42-36-25-29(41(3)4)21-23-33(36)37(32)38-26-27-14-12-13-19-34(27)39-43(5,30-15-8-6-9-16-30)31-17-10-7-11-18-31/h6-25H,26H2,1-5H3/p+1. The number of hydrogen-bond acceptors (Lipinski definition) is 4. The van der Waals surface area contributed by atoms with E-state index < -0.39 is 7.05 Å². The Morgan fingerprint density at radius 2 is 1.12 bits per heavy atom. The van der Waals surface area contributed by atoms with Crippen LogP contribution < -0.4 is 30.8 Å². The minimum atomic E-state index is -2.05. The van der Waals surface area contributed by atoms with Crippen molar-refractivity contribution < 1.29 is 9.41 Å². The summed E-state index contributed by atoms with van der Waals surface area (Å²) in [6.07, 6.45) is 0. The monoisotopic (exact) mass is 585 g/mol. The predicted octanol–water partition coefficient (Wildman–Crippen LogP) is 6.01. The molecule has 1 aromatic heterocycles. The molecule has 0 aliphatic rings. The fraction of sp³-hybridized carbons (Fsp3) is 0.162. The molecule has 5 nitrogen and oxygen atoms in total. The molecule has 0 unspecified atom stereocenters. The second-order valence-corrected chi connectivity index (χ2v) is 14.5. The molecule has 216 valence electrons. The maximum Gasteiger partial charge on any atom is 0.220 e. The number of nitrogens with zero attached hydrogens (tertiary/aromatic N) is 3. The number of nitrogens with one attached hydrogen (secondary N) is 1. The Morgan fingerprint density at radius 3 is 1.63 bits per heavy atom. The molecule has 0 spiro atoms. The van der Waals surface area contributed by atoms with Crippen LogP contribution >= 0.6 is 7.05 Å². The van der Waals surface area contributed by atoms with Crippen molar-refractivity contribution in [1.82, 2.24) is 0 Å². The lowest BCUT2D eigenvalue weighted by molar-refractivity contribution is -0.515. The maximum atomic E-state index is 6.50. The van der Waals surface area contributed by atoms with E-state index in [1.807, 2.05) is 28.2 Å². The van der Waals surface area contributed by atoms with E-state index in [0.29, 0.717) is 6.54 Å². The second kappa shape index (κ2) is 11.9. The summed E-state index contributed by atoms with van der Waals surface area (Å²) in [5.74, 6) is 0. The molecule has 1 N–H and O–H groups in total. The van der Waals surface area contributed by atoms with E-state index in [9.17, 15) is 0 Å².